The number of ether oxygens (including phenoxy) is 2. The number of amides is 1. The zero-order valence-corrected chi connectivity index (χ0v) is 25.6. The molecule has 0 fully saturated rings. The van der Waals surface area contributed by atoms with Crippen molar-refractivity contribution in [2.75, 3.05) is 37.3 Å². The van der Waals surface area contributed by atoms with Gasteiger partial charge in [-0.05, 0) is 79.7 Å². The summed E-state index contributed by atoms with van der Waals surface area (Å²) in [7, 11) is 1.70. The second-order valence-electron chi connectivity index (χ2n) is 9.52. The Kier molecular flexibility index (Phi) is 12.3. The fraction of sp³-hybridized carbons (Fsp3) is 0.586. The molecule has 2 aromatic rings. The normalized spacial score (nSPS) is 17.1. The van der Waals surface area contributed by atoms with Crippen molar-refractivity contribution in [3.05, 3.63) is 35.0 Å². The van der Waals surface area contributed by atoms with Gasteiger partial charge in [-0.2, -0.15) is 0 Å². The molecular formula is C29H42N2O3S3. The highest BCUT2D eigenvalue weighted by molar-refractivity contribution is 8.00. The van der Waals surface area contributed by atoms with Crippen molar-refractivity contribution in [1.29, 1.82) is 0 Å². The fourth-order valence-electron chi connectivity index (χ4n) is 4.66. The zero-order valence-electron chi connectivity index (χ0n) is 23.1. The predicted molar refractivity (Wildman–Crippen MR) is 161 cm³/mol. The Hall–Kier alpha value is -1.51. The van der Waals surface area contributed by atoms with Gasteiger partial charge in [-0.15, -0.1) is 35.3 Å². The molecule has 1 aromatic carbocycles. The van der Waals surface area contributed by atoms with E-state index in [1.807, 2.05) is 25.5 Å². The standard InChI is InChI=1S/C29H42N2O3S3/c1-7-9-11-13-34-24-17-22-21(16-23(24)33-4)15-20(12-10-8-2)18-37-27(22)28(32)31-26-25(35-5)14-19(3)30-29(26)36-6/h14,16-17,20,27H,7-13,15,18H2,1-6H3,(H,31,32). The Labute approximate surface area is 236 Å². The first-order valence-electron chi connectivity index (χ1n) is 13.3. The first-order valence-corrected chi connectivity index (χ1v) is 16.8. The summed E-state index contributed by atoms with van der Waals surface area (Å²) >= 11 is 4.96. The molecular weight excluding hydrogens is 521 g/mol. The molecule has 2 atom stereocenters. The van der Waals surface area contributed by atoms with Crippen LogP contribution in [0.2, 0.25) is 0 Å². The third-order valence-corrected chi connectivity index (χ3v) is 9.57. The molecule has 0 saturated heterocycles. The minimum atomic E-state index is -0.323. The van der Waals surface area contributed by atoms with Gasteiger partial charge in [-0.1, -0.05) is 39.5 Å². The highest BCUT2D eigenvalue weighted by Gasteiger charge is 2.32. The second-order valence-corrected chi connectivity index (χ2v) is 12.3. The molecule has 37 heavy (non-hydrogen) atoms. The molecule has 1 aliphatic heterocycles. The Balaban J connectivity index is 1.98. The predicted octanol–water partition coefficient (Wildman–Crippen LogP) is 8.19. The number of benzene rings is 1. The molecule has 1 aromatic heterocycles. The van der Waals surface area contributed by atoms with Crippen molar-refractivity contribution in [1.82, 2.24) is 4.98 Å². The summed E-state index contributed by atoms with van der Waals surface area (Å²) < 4.78 is 11.9. The Morgan fingerprint density at radius 2 is 1.89 bits per heavy atom. The first kappa shape index (κ1) is 30.0. The molecule has 0 aliphatic carbocycles. The van der Waals surface area contributed by atoms with Crippen LogP contribution in [0.5, 0.6) is 11.5 Å². The summed E-state index contributed by atoms with van der Waals surface area (Å²) in [6, 6.07) is 6.23. The lowest BCUT2D eigenvalue weighted by Crippen LogP contribution is -2.21. The van der Waals surface area contributed by atoms with Crippen LogP contribution in [0, 0.1) is 12.8 Å². The van der Waals surface area contributed by atoms with Gasteiger partial charge in [0.2, 0.25) is 5.91 Å². The quantitative estimate of drug-likeness (QED) is 0.195. The number of pyridine rings is 1. The largest absolute Gasteiger partial charge is 0.493 e. The van der Waals surface area contributed by atoms with Crippen molar-refractivity contribution < 1.29 is 14.3 Å². The van der Waals surface area contributed by atoms with E-state index in [4.69, 9.17) is 9.47 Å². The highest BCUT2D eigenvalue weighted by atomic mass is 32.2. The van der Waals surface area contributed by atoms with Crippen LogP contribution in [0.1, 0.15) is 74.4 Å². The van der Waals surface area contributed by atoms with Gasteiger partial charge >= 0.3 is 0 Å². The van der Waals surface area contributed by atoms with Gasteiger partial charge in [0, 0.05) is 10.6 Å². The molecule has 5 nitrogen and oxygen atoms in total. The fourth-order valence-corrected chi connectivity index (χ4v) is 7.32. The van der Waals surface area contributed by atoms with Gasteiger partial charge in [-0.25, -0.2) is 4.98 Å². The molecule has 1 amide bonds. The topological polar surface area (TPSA) is 60.5 Å². The van der Waals surface area contributed by atoms with Crippen molar-refractivity contribution >= 4 is 46.9 Å². The van der Waals surface area contributed by atoms with Gasteiger partial charge in [0.1, 0.15) is 10.3 Å². The van der Waals surface area contributed by atoms with Crippen LogP contribution < -0.4 is 14.8 Å². The third kappa shape index (κ3) is 7.99. The van der Waals surface area contributed by atoms with Crippen LogP contribution in [0.4, 0.5) is 5.69 Å². The highest BCUT2D eigenvalue weighted by Crippen LogP contribution is 2.45. The summed E-state index contributed by atoms with van der Waals surface area (Å²) in [6.45, 7) is 7.07. The Morgan fingerprint density at radius 1 is 1.11 bits per heavy atom. The van der Waals surface area contributed by atoms with Crippen LogP contribution >= 0.6 is 35.3 Å². The maximum atomic E-state index is 13.9. The van der Waals surface area contributed by atoms with Crippen molar-refractivity contribution in [3.8, 4) is 11.5 Å². The first-order chi connectivity index (χ1) is 17.9. The molecule has 1 aliphatic rings. The van der Waals surface area contributed by atoms with Crippen LogP contribution in [0.25, 0.3) is 0 Å². The zero-order chi connectivity index (χ0) is 26.8. The SMILES string of the molecule is CCCCCOc1cc2c(cc1OC)CC(CCCC)CSC2C(=O)Nc1c(SC)cc(C)nc1SC. The van der Waals surface area contributed by atoms with E-state index in [1.54, 1.807) is 42.4 Å². The number of carbonyl (C=O) groups excluding carboxylic acids is 1. The van der Waals surface area contributed by atoms with Crippen molar-refractivity contribution in [2.24, 2.45) is 5.92 Å². The van der Waals surface area contributed by atoms with Gasteiger partial charge in [0.05, 0.1) is 19.4 Å². The monoisotopic (exact) mass is 562 g/mol. The average molecular weight is 563 g/mol. The molecule has 0 bridgehead atoms. The number of carbonyl (C=O) groups is 1. The summed E-state index contributed by atoms with van der Waals surface area (Å²) in [5.74, 6) is 2.98. The maximum absolute atomic E-state index is 13.9. The maximum Gasteiger partial charge on any atom is 0.242 e. The van der Waals surface area contributed by atoms with Gasteiger partial charge < -0.3 is 14.8 Å². The van der Waals surface area contributed by atoms with Gasteiger partial charge in [0.25, 0.3) is 0 Å². The number of rotatable bonds is 13. The molecule has 0 radical (unpaired) electrons. The smallest absolute Gasteiger partial charge is 0.242 e. The summed E-state index contributed by atoms with van der Waals surface area (Å²) in [4.78, 5) is 19.7. The van der Waals surface area contributed by atoms with Crippen LogP contribution in [-0.2, 0) is 11.2 Å². The van der Waals surface area contributed by atoms with E-state index in [9.17, 15) is 4.79 Å². The van der Waals surface area contributed by atoms with E-state index in [-0.39, 0.29) is 11.2 Å². The molecule has 3 rings (SSSR count). The average Bonchev–Trinajstić information content (AvgIpc) is 3.08. The molecule has 1 N–H and O–H groups in total. The molecule has 0 saturated carbocycles. The van der Waals surface area contributed by atoms with E-state index < -0.39 is 0 Å². The lowest BCUT2D eigenvalue weighted by Gasteiger charge is -2.21. The number of thioether (sulfide) groups is 3. The summed E-state index contributed by atoms with van der Waals surface area (Å²) in [6.07, 6.45) is 11.8. The van der Waals surface area contributed by atoms with Crippen LogP contribution in [0.15, 0.2) is 28.1 Å². The number of hydrogen-bond donors (Lipinski definition) is 1. The van der Waals surface area contributed by atoms with Crippen molar-refractivity contribution in [3.63, 3.8) is 0 Å². The molecule has 0 spiro atoms. The Bertz CT molecular complexity index is 1020. The molecule has 204 valence electrons. The van der Waals surface area contributed by atoms with E-state index >= 15 is 0 Å². The van der Waals surface area contributed by atoms with Gasteiger partial charge in [-0.3, -0.25) is 4.79 Å². The summed E-state index contributed by atoms with van der Waals surface area (Å²) in [5, 5.41) is 3.81. The van der Waals surface area contributed by atoms with E-state index in [0.29, 0.717) is 12.5 Å². The lowest BCUT2D eigenvalue weighted by molar-refractivity contribution is -0.115. The number of hydrogen-bond acceptors (Lipinski definition) is 7. The van der Waals surface area contributed by atoms with E-state index in [0.717, 1.165) is 69.8 Å². The number of aromatic nitrogens is 1. The number of unbranched alkanes of at least 4 members (excludes halogenated alkanes) is 3. The minimum absolute atomic E-state index is 0.000689. The van der Waals surface area contributed by atoms with E-state index in [1.165, 1.54) is 24.8 Å². The third-order valence-electron chi connectivity index (χ3n) is 6.66. The summed E-state index contributed by atoms with van der Waals surface area (Å²) in [5.41, 5.74) is 4.01. The van der Waals surface area contributed by atoms with Crippen molar-refractivity contribution in [2.45, 2.75) is 80.9 Å². The number of aryl methyl sites for hydroxylation is 1. The Morgan fingerprint density at radius 3 is 2.57 bits per heavy atom. The number of nitrogens with zero attached hydrogens (tertiary/aromatic N) is 1. The number of nitrogens with one attached hydrogen (secondary N) is 1. The number of anilines is 1. The molecule has 2 unspecified atom stereocenters. The molecule has 8 heteroatoms. The van der Waals surface area contributed by atoms with Crippen LogP contribution in [-0.4, -0.2) is 42.9 Å². The molecule has 2 heterocycles. The number of methoxy groups -OCH3 is 1. The number of fused-ring (bicyclic) bond motifs is 1. The minimum Gasteiger partial charge on any atom is -0.493 e. The van der Waals surface area contributed by atoms with Gasteiger partial charge in [0.15, 0.2) is 11.5 Å². The second kappa shape index (κ2) is 15.2. The lowest BCUT2D eigenvalue weighted by atomic mass is 9.91. The van der Waals surface area contributed by atoms with Crippen LogP contribution in [0.3, 0.4) is 0 Å². The van der Waals surface area contributed by atoms with E-state index in [2.05, 4.69) is 36.3 Å².